The summed E-state index contributed by atoms with van der Waals surface area (Å²) in [5.41, 5.74) is 0. The highest BCUT2D eigenvalue weighted by Crippen LogP contribution is 2.42. The van der Waals surface area contributed by atoms with Crippen LogP contribution in [0.15, 0.2) is 30.4 Å². The normalized spacial score (nSPS) is 30.5. The maximum atomic E-state index is 14.1. The van der Waals surface area contributed by atoms with Gasteiger partial charge in [0.05, 0.1) is 18.1 Å². The fourth-order valence-corrected chi connectivity index (χ4v) is 6.29. The first-order valence-electron chi connectivity index (χ1n) is 14.9. The van der Waals surface area contributed by atoms with Gasteiger partial charge in [0, 0.05) is 31.6 Å². The number of aliphatic hydroxyl groups excluding tert-OH is 1. The molecule has 3 fully saturated rings. The fraction of sp³-hybridized carbons (Fsp3) is 0.710. The summed E-state index contributed by atoms with van der Waals surface area (Å²) in [5.74, 6) is -2.15. The summed E-state index contributed by atoms with van der Waals surface area (Å²) in [6, 6.07) is 3.08. The van der Waals surface area contributed by atoms with Gasteiger partial charge in [-0.2, -0.15) is 0 Å². The lowest BCUT2D eigenvalue weighted by Crippen LogP contribution is -2.31. The van der Waals surface area contributed by atoms with E-state index in [1.807, 2.05) is 19.1 Å². The van der Waals surface area contributed by atoms with Gasteiger partial charge in [0.2, 0.25) is 0 Å². The molecule has 2 N–H and O–H groups in total. The van der Waals surface area contributed by atoms with Crippen LogP contribution in [0.4, 0.5) is 8.78 Å². The van der Waals surface area contributed by atoms with Crippen molar-refractivity contribution in [2.45, 2.75) is 95.7 Å². The number of carboxylic acids is 1. The second kappa shape index (κ2) is 15.2. The Bertz CT molecular complexity index is 967. The number of aliphatic hydroxyl groups is 1. The van der Waals surface area contributed by atoms with E-state index in [9.17, 15) is 23.8 Å². The smallest absolute Gasteiger partial charge is 0.306 e. The summed E-state index contributed by atoms with van der Waals surface area (Å²) in [6.45, 7) is 3.17. The number of aliphatic carboxylic acids is 1. The molecule has 0 bridgehead atoms. The van der Waals surface area contributed by atoms with Crippen molar-refractivity contribution >= 4 is 5.97 Å². The van der Waals surface area contributed by atoms with Crippen LogP contribution in [0.25, 0.3) is 0 Å². The van der Waals surface area contributed by atoms with Gasteiger partial charge in [-0.3, -0.25) is 4.79 Å². The summed E-state index contributed by atoms with van der Waals surface area (Å²) in [4.78, 5) is 11.6. The Balaban J connectivity index is 1.38. The van der Waals surface area contributed by atoms with Crippen LogP contribution in [0.5, 0.6) is 5.75 Å². The maximum Gasteiger partial charge on any atom is 0.306 e. The van der Waals surface area contributed by atoms with Crippen LogP contribution in [-0.2, 0) is 19.0 Å². The van der Waals surface area contributed by atoms with E-state index >= 15 is 0 Å². The Morgan fingerprint density at radius 3 is 2.77 bits per heavy atom. The molecule has 9 heteroatoms. The Labute approximate surface area is 235 Å². The molecule has 2 aliphatic heterocycles. The monoisotopic (exact) mass is 566 g/mol. The van der Waals surface area contributed by atoms with E-state index < -0.39 is 36.1 Å². The zero-order valence-electron chi connectivity index (χ0n) is 23.4. The molecule has 2 unspecified atom stereocenters. The summed E-state index contributed by atoms with van der Waals surface area (Å²) < 4.78 is 51.5. The molecule has 2 heterocycles. The van der Waals surface area contributed by atoms with E-state index in [0.717, 1.165) is 63.1 Å². The van der Waals surface area contributed by atoms with Gasteiger partial charge in [0.25, 0.3) is 0 Å². The van der Waals surface area contributed by atoms with Gasteiger partial charge in [-0.15, -0.1) is 0 Å². The average Bonchev–Trinajstić information content (AvgIpc) is 3.10. The van der Waals surface area contributed by atoms with Gasteiger partial charge < -0.3 is 29.2 Å². The number of carboxylic acid groups (broad SMARTS) is 1. The third-order valence-electron chi connectivity index (χ3n) is 8.56. The Hall–Kier alpha value is -2.07. The van der Waals surface area contributed by atoms with E-state index in [4.69, 9.17) is 18.9 Å². The second-order valence-corrected chi connectivity index (χ2v) is 11.5. The van der Waals surface area contributed by atoms with Crippen molar-refractivity contribution in [2.75, 3.05) is 19.8 Å². The quantitative estimate of drug-likeness (QED) is 0.288. The first kappa shape index (κ1) is 30.9. The number of benzene rings is 1. The van der Waals surface area contributed by atoms with E-state index in [2.05, 4.69) is 0 Å². The molecule has 0 amide bonds. The van der Waals surface area contributed by atoms with Crippen molar-refractivity contribution in [1.29, 1.82) is 0 Å². The molecule has 1 saturated carbocycles. The summed E-state index contributed by atoms with van der Waals surface area (Å²) in [7, 11) is 0. The average molecular weight is 567 g/mol. The number of halogens is 2. The van der Waals surface area contributed by atoms with Gasteiger partial charge in [-0.25, -0.2) is 8.78 Å². The van der Waals surface area contributed by atoms with Crippen LogP contribution in [0.1, 0.15) is 71.1 Å². The van der Waals surface area contributed by atoms with Crippen LogP contribution in [0.2, 0.25) is 0 Å². The lowest BCUT2D eigenvalue weighted by atomic mass is 9.85. The Morgan fingerprint density at radius 1 is 1.18 bits per heavy atom. The predicted molar refractivity (Wildman–Crippen MR) is 145 cm³/mol. The molecule has 1 aromatic carbocycles. The Kier molecular flexibility index (Phi) is 11.8. The molecule has 224 valence electrons. The zero-order valence-corrected chi connectivity index (χ0v) is 23.4. The minimum atomic E-state index is -0.721. The van der Waals surface area contributed by atoms with Gasteiger partial charge >= 0.3 is 5.97 Å². The van der Waals surface area contributed by atoms with Crippen molar-refractivity contribution in [2.24, 2.45) is 23.7 Å². The van der Waals surface area contributed by atoms with E-state index in [0.29, 0.717) is 38.4 Å². The summed E-state index contributed by atoms with van der Waals surface area (Å²) in [5, 5.41) is 20.4. The summed E-state index contributed by atoms with van der Waals surface area (Å²) >= 11 is 0. The number of ether oxygens (including phenoxy) is 4. The standard InChI is InChI=1S/C31H44F2O7/c1-2-5-21(31(35)36)9-7-20-8-12-25-24(27(34)17-28(25)38-18-20)13-11-23(40-30-6-3-4-15-37-30)19-39-29-16-22(32)10-14-26(29)33/h10-11,13-14,16,20-21,23-25,27-28,30,34H,2-9,12,15,17-19H2,1H3,(H,35,36)/t20-,21?,23-,24-,25-,27-,28+,30?/m1/s1. The van der Waals surface area contributed by atoms with Crippen molar-refractivity contribution in [3.8, 4) is 5.75 Å². The van der Waals surface area contributed by atoms with E-state index in [1.165, 1.54) is 0 Å². The van der Waals surface area contributed by atoms with Crippen molar-refractivity contribution < 1.29 is 42.7 Å². The SMILES string of the molecule is CCCC(CC[C@@H]1CC[C@@H]2[C@@H](C=C[C@H](COc3cc(F)ccc3F)OC3CCCCO3)[C@H](O)C[C@@H]2OC1)C(=O)O. The van der Waals surface area contributed by atoms with Gasteiger partial charge in [-0.1, -0.05) is 25.5 Å². The topological polar surface area (TPSA) is 94.5 Å². The molecule has 0 aromatic heterocycles. The van der Waals surface area contributed by atoms with Crippen LogP contribution in [0.3, 0.4) is 0 Å². The number of carbonyl (C=O) groups is 1. The predicted octanol–water partition coefficient (Wildman–Crippen LogP) is 5.88. The first-order valence-corrected chi connectivity index (χ1v) is 14.9. The third kappa shape index (κ3) is 8.71. The summed E-state index contributed by atoms with van der Waals surface area (Å²) in [6.07, 6.45) is 10.3. The molecule has 8 atom stereocenters. The number of hydrogen-bond donors (Lipinski definition) is 2. The first-order chi connectivity index (χ1) is 19.3. The highest BCUT2D eigenvalue weighted by atomic mass is 19.1. The number of fused-ring (bicyclic) bond motifs is 1. The van der Waals surface area contributed by atoms with Gasteiger partial charge in [-0.05, 0) is 75.3 Å². The molecular formula is C31H44F2O7. The van der Waals surface area contributed by atoms with Crippen molar-refractivity contribution in [3.63, 3.8) is 0 Å². The molecule has 1 aliphatic carbocycles. The van der Waals surface area contributed by atoms with Gasteiger partial charge in [0.15, 0.2) is 17.9 Å². The Morgan fingerprint density at radius 2 is 2.02 bits per heavy atom. The molecule has 4 rings (SSSR count). The van der Waals surface area contributed by atoms with Gasteiger partial charge in [0.1, 0.15) is 18.5 Å². The van der Waals surface area contributed by atoms with Crippen LogP contribution in [0, 0.1) is 35.3 Å². The zero-order chi connectivity index (χ0) is 28.5. The number of rotatable bonds is 13. The minimum Gasteiger partial charge on any atom is -0.487 e. The van der Waals surface area contributed by atoms with Crippen LogP contribution in [-0.4, -0.2) is 60.6 Å². The highest BCUT2D eigenvalue weighted by Gasteiger charge is 2.43. The molecule has 40 heavy (non-hydrogen) atoms. The third-order valence-corrected chi connectivity index (χ3v) is 8.56. The lowest BCUT2D eigenvalue weighted by molar-refractivity contribution is -0.183. The molecule has 2 saturated heterocycles. The van der Waals surface area contributed by atoms with Crippen LogP contribution < -0.4 is 4.74 Å². The molecule has 7 nitrogen and oxygen atoms in total. The van der Waals surface area contributed by atoms with E-state index in [-0.39, 0.29) is 36.2 Å². The molecule has 3 aliphatic rings. The highest BCUT2D eigenvalue weighted by molar-refractivity contribution is 5.69. The fourth-order valence-electron chi connectivity index (χ4n) is 6.29. The second-order valence-electron chi connectivity index (χ2n) is 11.5. The van der Waals surface area contributed by atoms with Crippen LogP contribution >= 0.6 is 0 Å². The molecule has 0 spiro atoms. The van der Waals surface area contributed by atoms with E-state index in [1.54, 1.807) is 0 Å². The molecule has 0 radical (unpaired) electrons. The molecular weight excluding hydrogens is 522 g/mol. The lowest BCUT2D eigenvalue weighted by Gasteiger charge is -2.27. The van der Waals surface area contributed by atoms with Crippen molar-refractivity contribution in [3.05, 3.63) is 42.0 Å². The molecule has 1 aromatic rings. The van der Waals surface area contributed by atoms with Crippen molar-refractivity contribution in [1.82, 2.24) is 0 Å². The minimum absolute atomic E-state index is 0.0330. The largest absolute Gasteiger partial charge is 0.487 e. The maximum absolute atomic E-state index is 14.1. The number of hydrogen-bond acceptors (Lipinski definition) is 6.